The minimum absolute atomic E-state index is 0.131. The zero-order valence-corrected chi connectivity index (χ0v) is 7.79. The second-order valence-electron chi connectivity index (χ2n) is 3.25. The highest BCUT2D eigenvalue weighted by molar-refractivity contribution is 5.15. The van der Waals surface area contributed by atoms with Crippen molar-refractivity contribution in [3.8, 4) is 0 Å². The Morgan fingerprint density at radius 2 is 1.86 bits per heavy atom. The van der Waals surface area contributed by atoms with Gasteiger partial charge >= 0.3 is 5.69 Å². The third-order valence-electron chi connectivity index (χ3n) is 2.18. The smallest absolute Gasteiger partial charge is 0.313 e. The van der Waals surface area contributed by atoms with E-state index in [0.29, 0.717) is 0 Å². The maximum Gasteiger partial charge on any atom is 0.323 e. The van der Waals surface area contributed by atoms with Gasteiger partial charge in [-0.2, -0.15) is 0 Å². The van der Waals surface area contributed by atoms with Crippen LogP contribution in [0.2, 0.25) is 0 Å². The van der Waals surface area contributed by atoms with Crippen molar-refractivity contribution in [1.82, 2.24) is 9.97 Å². The zero-order chi connectivity index (χ0) is 9.80. The fraction of sp³-hybridized carbons (Fsp3) is 0.182. The molecule has 2 aromatic rings. The van der Waals surface area contributed by atoms with Gasteiger partial charge in [0.1, 0.15) is 0 Å². The van der Waals surface area contributed by atoms with Crippen LogP contribution in [0, 0.1) is 0 Å². The Kier molecular flexibility index (Phi) is 2.49. The lowest BCUT2D eigenvalue weighted by atomic mass is 10.1. The summed E-state index contributed by atoms with van der Waals surface area (Å²) in [6.07, 6.45) is 3.54. The van der Waals surface area contributed by atoms with Crippen LogP contribution in [0.4, 0.5) is 0 Å². The number of hydrogen-bond donors (Lipinski definition) is 2. The highest BCUT2D eigenvalue weighted by Crippen LogP contribution is 2.03. The fourth-order valence-corrected chi connectivity index (χ4v) is 1.43. The Morgan fingerprint density at radius 1 is 1.07 bits per heavy atom. The Balaban J connectivity index is 1.98. The predicted octanol–water partition coefficient (Wildman–Crippen LogP) is 1.49. The number of aromatic amines is 2. The van der Waals surface area contributed by atoms with Crippen LogP contribution in [0.1, 0.15) is 11.3 Å². The zero-order valence-electron chi connectivity index (χ0n) is 7.79. The van der Waals surface area contributed by atoms with Crippen molar-refractivity contribution in [2.45, 2.75) is 12.8 Å². The molecule has 2 N–H and O–H groups in total. The van der Waals surface area contributed by atoms with Gasteiger partial charge in [-0.1, -0.05) is 30.3 Å². The molecule has 0 saturated heterocycles. The van der Waals surface area contributed by atoms with Gasteiger partial charge in [-0.05, 0) is 18.4 Å². The topological polar surface area (TPSA) is 48.6 Å². The molecule has 2 rings (SSSR count). The van der Waals surface area contributed by atoms with E-state index < -0.39 is 0 Å². The average molecular weight is 188 g/mol. The van der Waals surface area contributed by atoms with E-state index in [0.717, 1.165) is 18.5 Å². The van der Waals surface area contributed by atoms with Crippen LogP contribution in [0.3, 0.4) is 0 Å². The van der Waals surface area contributed by atoms with Gasteiger partial charge in [-0.3, -0.25) is 0 Å². The van der Waals surface area contributed by atoms with Crippen LogP contribution < -0.4 is 5.69 Å². The molecule has 3 heteroatoms. The first-order valence-corrected chi connectivity index (χ1v) is 4.65. The third-order valence-corrected chi connectivity index (χ3v) is 2.18. The van der Waals surface area contributed by atoms with Crippen molar-refractivity contribution in [1.29, 1.82) is 0 Å². The normalized spacial score (nSPS) is 10.3. The van der Waals surface area contributed by atoms with Crippen molar-refractivity contribution >= 4 is 0 Å². The van der Waals surface area contributed by atoms with Gasteiger partial charge in [-0.15, -0.1) is 0 Å². The van der Waals surface area contributed by atoms with E-state index in [1.165, 1.54) is 5.56 Å². The molecule has 1 heterocycles. The van der Waals surface area contributed by atoms with Crippen molar-refractivity contribution in [2.75, 3.05) is 0 Å². The molecule has 0 fully saturated rings. The minimum Gasteiger partial charge on any atom is -0.313 e. The van der Waals surface area contributed by atoms with Crippen LogP contribution >= 0.6 is 0 Å². The summed E-state index contributed by atoms with van der Waals surface area (Å²) in [4.78, 5) is 16.1. The SMILES string of the molecule is O=c1[nH]cc(CCc2ccccc2)[nH]1. The summed E-state index contributed by atoms with van der Waals surface area (Å²) >= 11 is 0. The first-order valence-electron chi connectivity index (χ1n) is 4.65. The molecule has 0 aliphatic rings. The maximum absolute atomic E-state index is 10.8. The van der Waals surface area contributed by atoms with Gasteiger partial charge in [0.2, 0.25) is 0 Å². The van der Waals surface area contributed by atoms with E-state index in [1.807, 2.05) is 18.2 Å². The number of hydrogen-bond acceptors (Lipinski definition) is 1. The molecule has 14 heavy (non-hydrogen) atoms. The lowest BCUT2D eigenvalue weighted by Gasteiger charge is -1.97. The number of aryl methyl sites for hydroxylation is 2. The van der Waals surface area contributed by atoms with E-state index in [2.05, 4.69) is 22.1 Å². The van der Waals surface area contributed by atoms with Crippen LogP contribution in [0.5, 0.6) is 0 Å². The highest BCUT2D eigenvalue weighted by atomic mass is 16.1. The molecule has 0 atom stereocenters. The Morgan fingerprint density at radius 3 is 2.50 bits per heavy atom. The Bertz CT molecular complexity index is 442. The number of rotatable bonds is 3. The summed E-state index contributed by atoms with van der Waals surface area (Å²) < 4.78 is 0. The fourth-order valence-electron chi connectivity index (χ4n) is 1.43. The molecule has 0 aliphatic carbocycles. The Labute approximate surface area is 81.8 Å². The van der Waals surface area contributed by atoms with Gasteiger partial charge in [0.15, 0.2) is 0 Å². The first-order chi connectivity index (χ1) is 6.84. The van der Waals surface area contributed by atoms with E-state index in [9.17, 15) is 4.79 Å². The van der Waals surface area contributed by atoms with Crippen molar-refractivity contribution in [2.24, 2.45) is 0 Å². The molecular weight excluding hydrogens is 176 g/mol. The molecule has 1 aromatic heterocycles. The van der Waals surface area contributed by atoms with Crippen LogP contribution in [-0.2, 0) is 12.8 Å². The van der Waals surface area contributed by atoms with Gasteiger partial charge in [0.25, 0.3) is 0 Å². The largest absolute Gasteiger partial charge is 0.323 e. The molecule has 0 amide bonds. The monoisotopic (exact) mass is 188 g/mol. The second-order valence-corrected chi connectivity index (χ2v) is 3.25. The van der Waals surface area contributed by atoms with E-state index in [4.69, 9.17) is 0 Å². The number of benzene rings is 1. The summed E-state index contributed by atoms with van der Waals surface area (Å²) in [7, 11) is 0. The molecule has 0 radical (unpaired) electrons. The number of aromatic nitrogens is 2. The van der Waals surface area contributed by atoms with Gasteiger partial charge in [0, 0.05) is 11.9 Å². The standard InChI is InChI=1S/C11H12N2O/c14-11-12-8-10(13-11)7-6-9-4-2-1-3-5-9/h1-5,8H,6-7H2,(H2,12,13,14). The lowest BCUT2D eigenvalue weighted by molar-refractivity contribution is 0.920. The second kappa shape index (κ2) is 3.96. The van der Waals surface area contributed by atoms with Crippen LogP contribution in [-0.4, -0.2) is 9.97 Å². The minimum atomic E-state index is -0.131. The van der Waals surface area contributed by atoms with E-state index in [1.54, 1.807) is 6.20 Å². The number of imidazole rings is 1. The highest BCUT2D eigenvalue weighted by Gasteiger charge is 1.96. The van der Waals surface area contributed by atoms with E-state index in [-0.39, 0.29) is 5.69 Å². The van der Waals surface area contributed by atoms with Gasteiger partial charge < -0.3 is 9.97 Å². The lowest BCUT2D eigenvalue weighted by Crippen LogP contribution is -2.01. The summed E-state index contributed by atoms with van der Waals surface area (Å²) in [5.74, 6) is 0. The summed E-state index contributed by atoms with van der Waals surface area (Å²) in [5.41, 5.74) is 2.11. The van der Waals surface area contributed by atoms with Crippen LogP contribution in [0.25, 0.3) is 0 Å². The number of nitrogens with one attached hydrogen (secondary N) is 2. The quantitative estimate of drug-likeness (QED) is 0.753. The molecule has 0 bridgehead atoms. The Hall–Kier alpha value is -1.77. The van der Waals surface area contributed by atoms with Crippen molar-refractivity contribution in [3.63, 3.8) is 0 Å². The summed E-state index contributed by atoms with van der Waals surface area (Å²) in [5, 5.41) is 0. The van der Waals surface area contributed by atoms with Gasteiger partial charge in [0.05, 0.1) is 0 Å². The molecule has 0 unspecified atom stereocenters. The predicted molar refractivity (Wildman–Crippen MR) is 55.3 cm³/mol. The molecule has 3 nitrogen and oxygen atoms in total. The molecule has 1 aromatic carbocycles. The third kappa shape index (κ3) is 2.13. The van der Waals surface area contributed by atoms with Crippen molar-refractivity contribution < 1.29 is 0 Å². The maximum atomic E-state index is 10.8. The molecule has 72 valence electrons. The average Bonchev–Trinajstić information content (AvgIpc) is 2.63. The first kappa shape index (κ1) is 8.81. The molecule has 0 saturated carbocycles. The molecule has 0 aliphatic heterocycles. The summed E-state index contributed by atoms with van der Waals surface area (Å²) in [6.45, 7) is 0. The van der Waals surface area contributed by atoms with Gasteiger partial charge in [-0.25, -0.2) is 4.79 Å². The summed E-state index contributed by atoms with van der Waals surface area (Å²) in [6, 6.07) is 10.2. The molecular formula is C11H12N2O. The number of H-pyrrole nitrogens is 2. The van der Waals surface area contributed by atoms with Crippen molar-refractivity contribution in [3.05, 3.63) is 58.3 Å². The molecule has 0 spiro atoms. The van der Waals surface area contributed by atoms with Crippen LogP contribution in [0.15, 0.2) is 41.3 Å². The van der Waals surface area contributed by atoms with E-state index >= 15 is 0 Å².